The van der Waals surface area contributed by atoms with Crippen LogP contribution < -0.4 is 5.73 Å². The van der Waals surface area contributed by atoms with Crippen LogP contribution in [0.2, 0.25) is 0 Å². The number of rotatable bonds is 7. The normalized spacial score (nSPS) is 27.4. The summed E-state index contributed by atoms with van der Waals surface area (Å²) in [6.45, 7) is 7.41. The molecule has 0 aromatic rings. The topological polar surface area (TPSA) is 38.5 Å². The summed E-state index contributed by atoms with van der Waals surface area (Å²) in [4.78, 5) is 2.65. The molecule has 0 spiro atoms. The van der Waals surface area contributed by atoms with Crippen LogP contribution in [-0.4, -0.2) is 43.8 Å². The second kappa shape index (κ2) is 6.72. The quantitative estimate of drug-likeness (QED) is 0.738. The van der Waals surface area contributed by atoms with E-state index in [0.717, 1.165) is 25.7 Å². The van der Waals surface area contributed by atoms with Crippen LogP contribution in [0.5, 0.6) is 0 Å². The van der Waals surface area contributed by atoms with Crippen molar-refractivity contribution in [1.82, 2.24) is 4.90 Å². The Balaban J connectivity index is 1.90. The van der Waals surface area contributed by atoms with Crippen molar-refractivity contribution < 1.29 is 4.74 Å². The summed E-state index contributed by atoms with van der Waals surface area (Å²) in [5.41, 5.74) is 6.03. The Kier molecular flexibility index (Phi) is 5.26. The van der Waals surface area contributed by atoms with Gasteiger partial charge in [-0.15, -0.1) is 0 Å². The van der Waals surface area contributed by atoms with Crippen molar-refractivity contribution in [1.29, 1.82) is 0 Å². The summed E-state index contributed by atoms with van der Waals surface area (Å²) >= 11 is 0. The van der Waals surface area contributed by atoms with Crippen molar-refractivity contribution in [2.75, 3.05) is 32.8 Å². The maximum absolute atomic E-state index is 6.03. The number of hydrogen-bond donors (Lipinski definition) is 1. The smallest absolute Gasteiger partial charge is 0.0509 e. The predicted molar refractivity (Wildman–Crippen MR) is 71.0 cm³/mol. The van der Waals surface area contributed by atoms with Crippen LogP contribution in [0.3, 0.4) is 0 Å². The van der Waals surface area contributed by atoms with Crippen LogP contribution in [-0.2, 0) is 4.74 Å². The molecule has 0 bridgehead atoms. The zero-order chi connectivity index (χ0) is 12.1. The molecule has 2 fully saturated rings. The molecule has 2 aliphatic rings. The first-order chi connectivity index (χ1) is 8.35. The minimum Gasteiger partial charge on any atom is -0.381 e. The van der Waals surface area contributed by atoms with E-state index in [-0.39, 0.29) is 0 Å². The van der Waals surface area contributed by atoms with Gasteiger partial charge in [0.05, 0.1) is 6.61 Å². The first-order valence-electron chi connectivity index (χ1n) is 7.37. The average molecular weight is 240 g/mol. The summed E-state index contributed by atoms with van der Waals surface area (Å²) in [5.74, 6) is 1.62. The Labute approximate surface area is 106 Å². The molecule has 2 atom stereocenters. The lowest BCUT2D eigenvalue weighted by Gasteiger charge is -2.38. The van der Waals surface area contributed by atoms with Crippen LogP contribution >= 0.6 is 0 Å². The third-order valence-electron chi connectivity index (χ3n) is 4.15. The van der Waals surface area contributed by atoms with Crippen LogP contribution in [0.15, 0.2) is 0 Å². The maximum atomic E-state index is 6.03. The van der Waals surface area contributed by atoms with Gasteiger partial charge >= 0.3 is 0 Å². The highest BCUT2D eigenvalue weighted by Crippen LogP contribution is 2.32. The fourth-order valence-electron chi connectivity index (χ4n) is 3.02. The zero-order valence-corrected chi connectivity index (χ0v) is 11.2. The van der Waals surface area contributed by atoms with E-state index >= 15 is 0 Å². The number of nitrogens with two attached hydrogens (primary N) is 1. The van der Waals surface area contributed by atoms with Gasteiger partial charge in [-0.25, -0.2) is 0 Å². The van der Waals surface area contributed by atoms with Crippen molar-refractivity contribution in [2.45, 2.75) is 45.1 Å². The molecule has 1 aliphatic heterocycles. The fraction of sp³-hybridized carbons (Fsp3) is 1.00. The molecule has 0 radical (unpaired) electrons. The minimum atomic E-state index is 0.552. The van der Waals surface area contributed by atoms with Crippen molar-refractivity contribution in [3.05, 3.63) is 0 Å². The summed E-state index contributed by atoms with van der Waals surface area (Å²) in [5, 5.41) is 0. The molecule has 0 amide bonds. The van der Waals surface area contributed by atoms with E-state index < -0.39 is 0 Å². The van der Waals surface area contributed by atoms with Gasteiger partial charge < -0.3 is 10.5 Å². The van der Waals surface area contributed by atoms with E-state index in [1.165, 1.54) is 45.2 Å². The van der Waals surface area contributed by atoms with Crippen LogP contribution in [0.1, 0.15) is 39.0 Å². The summed E-state index contributed by atoms with van der Waals surface area (Å²) in [6.07, 6.45) is 6.60. The molecule has 2 unspecified atom stereocenters. The lowest BCUT2D eigenvalue weighted by molar-refractivity contribution is 0.00989. The van der Waals surface area contributed by atoms with Gasteiger partial charge in [-0.05, 0) is 50.5 Å². The first kappa shape index (κ1) is 13.3. The van der Waals surface area contributed by atoms with Gasteiger partial charge in [0.1, 0.15) is 0 Å². The molecule has 1 aliphatic carbocycles. The molecule has 0 aromatic heterocycles. The van der Waals surface area contributed by atoms with Gasteiger partial charge in [0.25, 0.3) is 0 Å². The van der Waals surface area contributed by atoms with E-state index in [2.05, 4.69) is 11.8 Å². The number of hydrogen-bond acceptors (Lipinski definition) is 3. The first-order valence-corrected chi connectivity index (χ1v) is 7.37. The zero-order valence-electron chi connectivity index (χ0n) is 11.2. The fourth-order valence-corrected chi connectivity index (χ4v) is 3.02. The van der Waals surface area contributed by atoms with E-state index in [9.17, 15) is 0 Å². The Hall–Kier alpha value is -0.120. The standard InChI is InChI=1S/C14H28N2O/c1-2-7-16(10-12-5-6-12)14(9-15)13-4-3-8-17-11-13/h12-14H,2-11,15H2,1H3. The van der Waals surface area contributed by atoms with E-state index in [1.54, 1.807) is 0 Å². The van der Waals surface area contributed by atoms with Gasteiger partial charge in [-0.3, -0.25) is 4.90 Å². The lowest BCUT2D eigenvalue weighted by atomic mass is 9.92. The number of nitrogens with zero attached hydrogens (tertiary/aromatic N) is 1. The van der Waals surface area contributed by atoms with Gasteiger partial charge in [-0.2, -0.15) is 0 Å². The van der Waals surface area contributed by atoms with Crippen molar-refractivity contribution in [3.63, 3.8) is 0 Å². The minimum absolute atomic E-state index is 0.552. The molecule has 2 N–H and O–H groups in total. The molecular formula is C14H28N2O. The molecule has 2 rings (SSSR count). The highest BCUT2D eigenvalue weighted by atomic mass is 16.5. The summed E-state index contributed by atoms with van der Waals surface area (Å²) in [7, 11) is 0. The van der Waals surface area contributed by atoms with Crippen LogP contribution in [0.25, 0.3) is 0 Å². The molecule has 1 saturated heterocycles. The van der Waals surface area contributed by atoms with Gasteiger partial charge in [0.2, 0.25) is 0 Å². The van der Waals surface area contributed by atoms with Crippen molar-refractivity contribution in [3.8, 4) is 0 Å². The van der Waals surface area contributed by atoms with Crippen molar-refractivity contribution >= 4 is 0 Å². The molecule has 0 aromatic carbocycles. The second-order valence-electron chi connectivity index (χ2n) is 5.72. The molecule has 3 heteroatoms. The summed E-state index contributed by atoms with van der Waals surface area (Å²) < 4.78 is 5.63. The van der Waals surface area contributed by atoms with Crippen molar-refractivity contribution in [2.24, 2.45) is 17.6 Å². The molecule has 1 saturated carbocycles. The highest BCUT2D eigenvalue weighted by Gasteiger charge is 2.32. The summed E-state index contributed by atoms with van der Waals surface area (Å²) in [6, 6.07) is 0.552. The Morgan fingerprint density at radius 1 is 1.35 bits per heavy atom. The molecule has 3 nitrogen and oxygen atoms in total. The van der Waals surface area contributed by atoms with E-state index in [4.69, 9.17) is 10.5 Å². The van der Waals surface area contributed by atoms with Gasteiger partial charge in [0, 0.05) is 25.7 Å². The predicted octanol–water partition coefficient (Wildman–Crippen LogP) is 1.86. The van der Waals surface area contributed by atoms with E-state index in [0.29, 0.717) is 12.0 Å². The Morgan fingerprint density at radius 2 is 2.18 bits per heavy atom. The monoisotopic (exact) mass is 240 g/mol. The van der Waals surface area contributed by atoms with Crippen LogP contribution in [0.4, 0.5) is 0 Å². The second-order valence-corrected chi connectivity index (χ2v) is 5.72. The average Bonchev–Trinajstić information content (AvgIpc) is 3.16. The Bertz CT molecular complexity index is 212. The van der Waals surface area contributed by atoms with Gasteiger partial charge in [0.15, 0.2) is 0 Å². The SMILES string of the molecule is CCCN(CC1CC1)C(CN)C1CCCOC1. The molecule has 17 heavy (non-hydrogen) atoms. The lowest BCUT2D eigenvalue weighted by Crippen LogP contribution is -2.49. The van der Waals surface area contributed by atoms with E-state index in [1.807, 2.05) is 0 Å². The Morgan fingerprint density at radius 3 is 2.71 bits per heavy atom. The maximum Gasteiger partial charge on any atom is 0.0509 e. The molecule has 1 heterocycles. The van der Waals surface area contributed by atoms with Crippen LogP contribution in [0, 0.1) is 11.8 Å². The highest BCUT2D eigenvalue weighted by molar-refractivity contribution is 4.86. The molecular weight excluding hydrogens is 212 g/mol. The van der Waals surface area contributed by atoms with Gasteiger partial charge in [-0.1, -0.05) is 6.92 Å². The third-order valence-corrected chi connectivity index (χ3v) is 4.15. The molecule has 100 valence electrons. The number of ether oxygens (including phenoxy) is 1. The third kappa shape index (κ3) is 3.94. The largest absolute Gasteiger partial charge is 0.381 e.